The molecule has 0 aromatic carbocycles. The molecule has 0 N–H and O–H groups in total. The number of alkyl halides is 3. The third-order valence-corrected chi connectivity index (χ3v) is 4.51. The quantitative estimate of drug-likeness (QED) is 0.742. The van der Waals surface area contributed by atoms with Gasteiger partial charge in [-0.1, -0.05) is 6.92 Å². The maximum Gasteiger partial charge on any atom is 0.418 e. The molecule has 3 rings (SSSR count). The number of aromatic nitrogens is 1. The number of halogens is 3. The summed E-state index contributed by atoms with van der Waals surface area (Å²) in [5.41, 5.74) is -0.824. The predicted molar refractivity (Wildman–Crippen MR) is 88.2 cm³/mol. The SMILES string of the molecule is CCCOCCC(=O)N1CCN2c3ncc(C(F)(F)F)cc3OCC2C1. The molecule has 3 heterocycles. The Balaban J connectivity index is 1.62. The summed E-state index contributed by atoms with van der Waals surface area (Å²) in [5.74, 6) is 0.573. The lowest BCUT2D eigenvalue weighted by Gasteiger charge is -2.44. The van der Waals surface area contributed by atoms with Crippen LogP contribution in [0, 0.1) is 0 Å². The van der Waals surface area contributed by atoms with Crippen LogP contribution >= 0.6 is 0 Å². The average Bonchev–Trinajstić information content (AvgIpc) is 2.63. The van der Waals surface area contributed by atoms with Gasteiger partial charge in [-0.25, -0.2) is 4.98 Å². The largest absolute Gasteiger partial charge is 0.487 e. The van der Waals surface area contributed by atoms with Crippen LogP contribution in [0.5, 0.6) is 5.75 Å². The van der Waals surface area contributed by atoms with Crippen LogP contribution in [-0.4, -0.2) is 61.3 Å². The van der Waals surface area contributed by atoms with E-state index in [1.54, 1.807) is 4.90 Å². The highest BCUT2D eigenvalue weighted by Crippen LogP contribution is 2.38. The first-order valence-electron chi connectivity index (χ1n) is 8.72. The second-order valence-electron chi connectivity index (χ2n) is 6.40. The number of hydrogen-bond acceptors (Lipinski definition) is 5. The fraction of sp³-hybridized carbons (Fsp3) is 0.647. The van der Waals surface area contributed by atoms with E-state index in [-0.39, 0.29) is 24.3 Å². The predicted octanol–water partition coefficient (Wildman–Crippen LogP) is 2.33. The molecule has 9 heteroatoms. The summed E-state index contributed by atoms with van der Waals surface area (Å²) in [6, 6.07) is 0.877. The third-order valence-electron chi connectivity index (χ3n) is 4.51. The van der Waals surface area contributed by atoms with Crippen molar-refractivity contribution in [3.63, 3.8) is 0 Å². The number of fused-ring (bicyclic) bond motifs is 3. The van der Waals surface area contributed by atoms with Crippen LogP contribution < -0.4 is 9.64 Å². The van der Waals surface area contributed by atoms with Crippen molar-refractivity contribution < 1.29 is 27.4 Å². The van der Waals surface area contributed by atoms with E-state index in [9.17, 15) is 18.0 Å². The normalized spacial score (nSPS) is 19.6. The molecule has 1 amide bonds. The Morgan fingerprint density at radius 2 is 2.19 bits per heavy atom. The number of carbonyl (C=O) groups excluding carboxylic acids is 1. The van der Waals surface area contributed by atoms with E-state index in [2.05, 4.69) is 4.98 Å². The molecule has 26 heavy (non-hydrogen) atoms. The van der Waals surface area contributed by atoms with Crippen LogP contribution in [0.1, 0.15) is 25.3 Å². The van der Waals surface area contributed by atoms with Gasteiger partial charge in [-0.15, -0.1) is 0 Å². The molecule has 2 aliphatic rings. The molecule has 0 spiro atoms. The van der Waals surface area contributed by atoms with E-state index in [1.165, 1.54) is 0 Å². The topological polar surface area (TPSA) is 54.9 Å². The Morgan fingerprint density at radius 1 is 1.38 bits per heavy atom. The van der Waals surface area contributed by atoms with E-state index in [1.807, 2.05) is 11.8 Å². The highest BCUT2D eigenvalue weighted by Gasteiger charge is 2.38. The average molecular weight is 373 g/mol. The van der Waals surface area contributed by atoms with Gasteiger partial charge < -0.3 is 19.3 Å². The lowest BCUT2D eigenvalue weighted by molar-refractivity contribution is -0.138. The van der Waals surface area contributed by atoms with Crippen molar-refractivity contribution in [2.75, 3.05) is 44.4 Å². The molecule has 1 atom stereocenters. The second-order valence-corrected chi connectivity index (χ2v) is 6.40. The van der Waals surface area contributed by atoms with Gasteiger partial charge in [0.25, 0.3) is 0 Å². The summed E-state index contributed by atoms with van der Waals surface area (Å²) >= 11 is 0. The molecule has 1 unspecified atom stereocenters. The van der Waals surface area contributed by atoms with Gasteiger partial charge in [0.15, 0.2) is 11.6 Å². The molecule has 2 aliphatic heterocycles. The molecule has 1 aromatic rings. The molecular formula is C17H22F3N3O3. The minimum Gasteiger partial charge on any atom is -0.487 e. The number of rotatable bonds is 5. The highest BCUT2D eigenvalue weighted by atomic mass is 19.4. The summed E-state index contributed by atoms with van der Waals surface area (Å²) in [5, 5.41) is 0. The smallest absolute Gasteiger partial charge is 0.418 e. The van der Waals surface area contributed by atoms with E-state index < -0.39 is 11.7 Å². The lowest BCUT2D eigenvalue weighted by Crippen LogP contribution is -2.58. The molecule has 6 nitrogen and oxygen atoms in total. The Bertz CT molecular complexity index is 654. The van der Waals surface area contributed by atoms with Gasteiger partial charge in [-0.3, -0.25) is 4.79 Å². The number of carbonyl (C=O) groups is 1. The Labute approximate surface area is 149 Å². The first-order valence-corrected chi connectivity index (χ1v) is 8.72. The number of pyridine rings is 1. The van der Waals surface area contributed by atoms with E-state index in [0.717, 1.165) is 18.7 Å². The van der Waals surface area contributed by atoms with E-state index >= 15 is 0 Å². The number of hydrogen-bond donors (Lipinski definition) is 0. The van der Waals surface area contributed by atoms with Gasteiger partial charge >= 0.3 is 6.18 Å². The number of nitrogens with zero attached hydrogens (tertiary/aromatic N) is 3. The molecule has 0 bridgehead atoms. The van der Waals surface area contributed by atoms with Gasteiger partial charge in [0.1, 0.15) is 6.61 Å². The van der Waals surface area contributed by atoms with Crippen LogP contribution in [0.25, 0.3) is 0 Å². The van der Waals surface area contributed by atoms with Crippen molar-refractivity contribution in [2.45, 2.75) is 32.0 Å². The van der Waals surface area contributed by atoms with E-state index in [4.69, 9.17) is 9.47 Å². The van der Waals surface area contributed by atoms with Gasteiger partial charge in [-0.2, -0.15) is 13.2 Å². The zero-order valence-electron chi connectivity index (χ0n) is 14.6. The highest BCUT2D eigenvalue weighted by molar-refractivity contribution is 5.77. The van der Waals surface area contributed by atoms with Gasteiger partial charge in [0, 0.05) is 32.4 Å². The summed E-state index contributed by atoms with van der Waals surface area (Å²) in [4.78, 5) is 19.9. The van der Waals surface area contributed by atoms with Crippen molar-refractivity contribution in [1.82, 2.24) is 9.88 Å². The number of ether oxygens (including phenoxy) is 2. The lowest BCUT2D eigenvalue weighted by atomic mass is 10.1. The van der Waals surface area contributed by atoms with Crippen LogP contribution in [0.2, 0.25) is 0 Å². The number of piperazine rings is 1. The van der Waals surface area contributed by atoms with Crippen molar-refractivity contribution in [2.24, 2.45) is 0 Å². The minimum atomic E-state index is -4.45. The molecule has 1 aromatic heterocycles. The van der Waals surface area contributed by atoms with E-state index in [0.29, 0.717) is 45.1 Å². The molecule has 1 fully saturated rings. The van der Waals surface area contributed by atoms with Crippen molar-refractivity contribution in [1.29, 1.82) is 0 Å². The zero-order chi connectivity index (χ0) is 18.7. The minimum absolute atomic E-state index is 0.0203. The first-order chi connectivity index (χ1) is 12.4. The van der Waals surface area contributed by atoms with Crippen molar-refractivity contribution in [3.8, 4) is 5.75 Å². The summed E-state index contributed by atoms with van der Waals surface area (Å²) in [7, 11) is 0. The molecule has 0 saturated carbocycles. The Morgan fingerprint density at radius 3 is 2.92 bits per heavy atom. The number of anilines is 1. The van der Waals surface area contributed by atoms with Gasteiger partial charge in [0.05, 0.1) is 24.6 Å². The number of amides is 1. The maximum atomic E-state index is 12.8. The van der Waals surface area contributed by atoms with Crippen LogP contribution in [-0.2, 0) is 15.7 Å². The molecule has 144 valence electrons. The maximum absolute atomic E-state index is 12.8. The fourth-order valence-electron chi connectivity index (χ4n) is 3.17. The Hall–Kier alpha value is -2.03. The van der Waals surface area contributed by atoms with Gasteiger partial charge in [-0.05, 0) is 12.5 Å². The second kappa shape index (κ2) is 7.69. The summed E-state index contributed by atoms with van der Waals surface area (Å²) in [6.07, 6.45) is -2.38. The molecule has 1 saturated heterocycles. The zero-order valence-corrected chi connectivity index (χ0v) is 14.6. The molecule has 0 aliphatic carbocycles. The van der Waals surface area contributed by atoms with Crippen molar-refractivity contribution in [3.05, 3.63) is 17.8 Å². The van der Waals surface area contributed by atoms with Crippen molar-refractivity contribution >= 4 is 11.7 Å². The van der Waals surface area contributed by atoms with Crippen LogP contribution in [0.4, 0.5) is 19.0 Å². The standard InChI is InChI=1S/C17H22F3N3O3/c1-2-6-25-7-3-15(24)22-4-5-23-13(10-22)11-26-14-8-12(17(18,19)20)9-21-16(14)23/h8-9,13H,2-7,10-11H2,1H3. The van der Waals surface area contributed by atoms with Crippen LogP contribution in [0.15, 0.2) is 12.3 Å². The van der Waals surface area contributed by atoms with Gasteiger partial charge in [0.2, 0.25) is 5.91 Å². The summed E-state index contributed by atoms with van der Waals surface area (Å²) < 4.78 is 49.3. The molecular weight excluding hydrogens is 351 g/mol. The monoisotopic (exact) mass is 373 g/mol. The Kier molecular flexibility index (Phi) is 5.55. The molecule has 0 radical (unpaired) electrons. The van der Waals surface area contributed by atoms with Crippen LogP contribution in [0.3, 0.4) is 0 Å². The fourth-order valence-corrected chi connectivity index (χ4v) is 3.17. The third kappa shape index (κ3) is 4.03. The summed E-state index contributed by atoms with van der Waals surface area (Å²) in [6.45, 7) is 4.76. The first kappa shape index (κ1) is 18.8.